The van der Waals surface area contributed by atoms with Crippen molar-refractivity contribution in [2.75, 3.05) is 0 Å². The Balaban J connectivity index is 2.20. The zero-order valence-corrected chi connectivity index (χ0v) is 10.8. The molecule has 0 saturated heterocycles. The number of aromatic nitrogens is 2. The largest absolute Gasteiger partial charge is 0.328 e. The number of rotatable bonds is 3. The molecule has 0 amide bonds. The first kappa shape index (κ1) is 10.9. The number of nitrogens with zero attached hydrogens (tertiary/aromatic N) is 2. The number of halogens is 1. The Kier molecular flexibility index (Phi) is 3.23. The summed E-state index contributed by atoms with van der Waals surface area (Å²) in [7, 11) is 0. The fourth-order valence-corrected chi connectivity index (χ4v) is 2.90. The van der Waals surface area contributed by atoms with E-state index in [1.165, 1.54) is 4.88 Å². The van der Waals surface area contributed by atoms with Crippen LogP contribution in [0.5, 0.6) is 0 Å². The fourth-order valence-electron chi connectivity index (χ4n) is 1.45. The van der Waals surface area contributed by atoms with Gasteiger partial charge >= 0.3 is 0 Å². The minimum atomic E-state index is 0.0240. The monoisotopic (exact) mass is 285 g/mol. The Morgan fingerprint density at radius 1 is 1.67 bits per heavy atom. The average Bonchev–Trinajstić information content (AvgIpc) is 2.75. The van der Waals surface area contributed by atoms with E-state index in [-0.39, 0.29) is 6.04 Å². The van der Waals surface area contributed by atoms with Crippen LogP contribution in [0, 0.1) is 0 Å². The number of imidazole rings is 1. The van der Waals surface area contributed by atoms with Gasteiger partial charge in [-0.05, 0) is 28.9 Å². The second kappa shape index (κ2) is 4.47. The molecule has 0 spiro atoms. The van der Waals surface area contributed by atoms with E-state index in [1.807, 2.05) is 19.4 Å². The highest BCUT2D eigenvalue weighted by Crippen LogP contribution is 2.21. The van der Waals surface area contributed by atoms with Gasteiger partial charge < -0.3 is 10.3 Å². The molecule has 1 atom stereocenters. The summed E-state index contributed by atoms with van der Waals surface area (Å²) >= 11 is 5.18. The number of hydrogen-bond donors (Lipinski definition) is 1. The van der Waals surface area contributed by atoms with Crippen molar-refractivity contribution in [1.29, 1.82) is 0 Å². The molecule has 0 radical (unpaired) electrons. The molecule has 0 bridgehead atoms. The molecule has 5 heteroatoms. The standard InChI is InChI=1S/C10H12BrN3S/c1-7(12)10-3-13-6-14(10)4-9-2-8(11)5-15-9/h2-3,5-7H,4,12H2,1H3/t7-/m0/s1. The SMILES string of the molecule is C[C@H](N)c1cncn1Cc1cc(Br)cs1. The van der Waals surface area contributed by atoms with Gasteiger partial charge in [0.2, 0.25) is 0 Å². The zero-order valence-electron chi connectivity index (χ0n) is 8.35. The molecule has 2 aromatic rings. The summed E-state index contributed by atoms with van der Waals surface area (Å²) in [6.45, 7) is 2.81. The van der Waals surface area contributed by atoms with Crippen molar-refractivity contribution in [3.05, 3.63) is 39.0 Å². The summed E-state index contributed by atoms with van der Waals surface area (Å²) in [6.07, 6.45) is 3.65. The normalized spacial score (nSPS) is 13.0. The summed E-state index contributed by atoms with van der Waals surface area (Å²) in [5.41, 5.74) is 6.92. The first-order chi connectivity index (χ1) is 7.16. The highest BCUT2D eigenvalue weighted by atomic mass is 79.9. The van der Waals surface area contributed by atoms with Crippen LogP contribution >= 0.6 is 27.3 Å². The van der Waals surface area contributed by atoms with Gasteiger partial charge in [-0.2, -0.15) is 0 Å². The molecule has 0 saturated carbocycles. The number of thiophene rings is 1. The van der Waals surface area contributed by atoms with Gasteiger partial charge in [0.05, 0.1) is 18.6 Å². The lowest BCUT2D eigenvalue weighted by molar-refractivity contribution is 0.679. The maximum Gasteiger partial charge on any atom is 0.0952 e. The summed E-state index contributed by atoms with van der Waals surface area (Å²) in [6, 6.07) is 2.14. The van der Waals surface area contributed by atoms with E-state index in [2.05, 4.69) is 36.9 Å². The maximum absolute atomic E-state index is 5.85. The van der Waals surface area contributed by atoms with Crippen LogP contribution in [0.2, 0.25) is 0 Å². The van der Waals surface area contributed by atoms with Gasteiger partial charge in [0.15, 0.2) is 0 Å². The van der Waals surface area contributed by atoms with Crippen LogP contribution in [0.25, 0.3) is 0 Å². The Hall–Kier alpha value is -0.650. The molecule has 3 nitrogen and oxygen atoms in total. The molecule has 2 rings (SSSR count). The number of hydrogen-bond acceptors (Lipinski definition) is 3. The van der Waals surface area contributed by atoms with Crippen LogP contribution in [0.15, 0.2) is 28.4 Å². The van der Waals surface area contributed by atoms with Crippen molar-refractivity contribution in [3.8, 4) is 0 Å². The molecule has 0 aliphatic heterocycles. The van der Waals surface area contributed by atoms with Gasteiger partial charge in [0.25, 0.3) is 0 Å². The lowest BCUT2D eigenvalue weighted by Crippen LogP contribution is -2.11. The molecule has 15 heavy (non-hydrogen) atoms. The predicted molar refractivity (Wildman–Crippen MR) is 66.0 cm³/mol. The highest BCUT2D eigenvalue weighted by molar-refractivity contribution is 9.10. The van der Waals surface area contributed by atoms with Crippen LogP contribution in [-0.4, -0.2) is 9.55 Å². The minimum absolute atomic E-state index is 0.0240. The summed E-state index contributed by atoms with van der Waals surface area (Å²) in [4.78, 5) is 5.42. The van der Waals surface area contributed by atoms with Gasteiger partial charge in [-0.3, -0.25) is 0 Å². The molecular weight excluding hydrogens is 274 g/mol. The van der Waals surface area contributed by atoms with Gasteiger partial charge in [-0.1, -0.05) is 0 Å². The van der Waals surface area contributed by atoms with Crippen molar-refractivity contribution in [2.45, 2.75) is 19.5 Å². The predicted octanol–water partition coefficient (Wildman–Crippen LogP) is 2.78. The van der Waals surface area contributed by atoms with Gasteiger partial charge in [0.1, 0.15) is 0 Å². The molecule has 0 fully saturated rings. The van der Waals surface area contributed by atoms with E-state index in [1.54, 1.807) is 11.3 Å². The van der Waals surface area contributed by atoms with E-state index >= 15 is 0 Å². The lowest BCUT2D eigenvalue weighted by Gasteiger charge is -2.09. The summed E-state index contributed by atoms with van der Waals surface area (Å²) in [5.74, 6) is 0. The molecule has 0 aliphatic carbocycles. The minimum Gasteiger partial charge on any atom is -0.328 e. The van der Waals surface area contributed by atoms with Gasteiger partial charge in [-0.15, -0.1) is 11.3 Å². The Morgan fingerprint density at radius 3 is 3.07 bits per heavy atom. The first-order valence-corrected chi connectivity index (χ1v) is 6.32. The van der Waals surface area contributed by atoms with Crippen LogP contribution < -0.4 is 5.73 Å². The molecule has 0 aromatic carbocycles. The van der Waals surface area contributed by atoms with Crippen molar-refractivity contribution >= 4 is 27.3 Å². The molecule has 2 heterocycles. The van der Waals surface area contributed by atoms with Crippen LogP contribution in [0.4, 0.5) is 0 Å². The smallest absolute Gasteiger partial charge is 0.0952 e. The van der Waals surface area contributed by atoms with E-state index in [0.29, 0.717) is 0 Å². The Labute approximate surface area is 101 Å². The topological polar surface area (TPSA) is 43.8 Å². The molecule has 2 aromatic heterocycles. The first-order valence-electron chi connectivity index (χ1n) is 4.65. The second-order valence-corrected chi connectivity index (χ2v) is 5.38. The quantitative estimate of drug-likeness (QED) is 0.943. The molecule has 0 aliphatic rings. The van der Waals surface area contributed by atoms with Crippen LogP contribution in [-0.2, 0) is 6.54 Å². The summed E-state index contributed by atoms with van der Waals surface area (Å²) in [5, 5.41) is 2.08. The van der Waals surface area contributed by atoms with E-state index in [0.717, 1.165) is 16.7 Å². The van der Waals surface area contributed by atoms with Gasteiger partial charge in [0, 0.05) is 27.0 Å². The fraction of sp³-hybridized carbons (Fsp3) is 0.300. The summed E-state index contributed by atoms with van der Waals surface area (Å²) < 4.78 is 3.22. The van der Waals surface area contributed by atoms with E-state index in [9.17, 15) is 0 Å². The van der Waals surface area contributed by atoms with Crippen LogP contribution in [0.3, 0.4) is 0 Å². The maximum atomic E-state index is 5.85. The van der Waals surface area contributed by atoms with E-state index < -0.39 is 0 Å². The third kappa shape index (κ3) is 2.48. The lowest BCUT2D eigenvalue weighted by atomic mass is 10.2. The number of nitrogens with two attached hydrogens (primary N) is 1. The third-order valence-electron chi connectivity index (χ3n) is 2.16. The molecule has 0 unspecified atom stereocenters. The molecule has 2 N–H and O–H groups in total. The average molecular weight is 286 g/mol. The third-order valence-corrected chi connectivity index (χ3v) is 3.84. The van der Waals surface area contributed by atoms with Crippen molar-refractivity contribution < 1.29 is 0 Å². The van der Waals surface area contributed by atoms with Crippen LogP contribution in [0.1, 0.15) is 23.5 Å². The van der Waals surface area contributed by atoms with Crippen molar-refractivity contribution in [2.24, 2.45) is 5.73 Å². The second-order valence-electron chi connectivity index (χ2n) is 3.47. The Bertz CT molecular complexity index is 447. The Morgan fingerprint density at radius 2 is 2.47 bits per heavy atom. The van der Waals surface area contributed by atoms with Gasteiger partial charge in [-0.25, -0.2) is 4.98 Å². The molecule has 80 valence electrons. The van der Waals surface area contributed by atoms with Crippen molar-refractivity contribution in [1.82, 2.24) is 9.55 Å². The molecular formula is C10H12BrN3S. The highest BCUT2D eigenvalue weighted by Gasteiger charge is 2.07. The van der Waals surface area contributed by atoms with Crippen molar-refractivity contribution in [3.63, 3.8) is 0 Å². The van der Waals surface area contributed by atoms with E-state index in [4.69, 9.17) is 5.73 Å². The zero-order chi connectivity index (χ0) is 10.8.